The molecule has 0 bridgehead atoms. The Morgan fingerprint density at radius 2 is 1.66 bits per heavy atom. The van der Waals surface area contributed by atoms with Gasteiger partial charge >= 0.3 is 11.5 Å². The van der Waals surface area contributed by atoms with Crippen LogP contribution in [0.5, 0.6) is 0 Å². The fourth-order valence-electron chi connectivity index (χ4n) is 2.75. The molecule has 5 nitrogen and oxygen atoms in total. The van der Waals surface area contributed by atoms with Crippen LogP contribution in [0, 0.1) is 17.5 Å². The van der Waals surface area contributed by atoms with E-state index in [0.717, 1.165) is 37.4 Å². The highest BCUT2D eigenvalue weighted by atomic mass is 32.2. The molecule has 0 radical (unpaired) electrons. The average molecular weight is 480 g/mol. The minimum atomic E-state index is -4.65. The van der Waals surface area contributed by atoms with Crippen molar-refractivity contribution in [1.29, 1.82) is 0 Å². The largest absolute Gasteiger partial charge is 0.446 e. The smallest absolute Gasteiger partial charge is 0.364 e. The third-order valence-corrected chi connectivity index (χ3v) is 4.75. The molecule has 3 amide bonds. The molecule has 0 fully saturated rings. The summed E-state index contributed by atoms with van der Waals surface area (Å²) in [4.78, 5) is 26.6. The van der Waals surface area contributed by atoms with E-state index in [-0.39, 0.29) is 13.0 Å². The maximum absolute atomic E-state index is 14.6. The molecule has 0 unspecified atom stereocenters. The lowest BCUT2D eigenvalue weighted by Crippen LogP contribution is -2.48. The molecular formula is C20H18F6N2O3S. The Bertz CT molecular complexity index is 966. The minimum Gasteiger partial charge on any atom is -0.364 e. The van der Waals surface area contributed by atoms with Crippen LogP contribution >= 0.6 is 11.8 Å². The van der Waals surface area contributed by atoms with Crippen LogP contribution in [0.4, 0.5) is 36.8 Å². The zero-order chi connectivity index (χ0) is 24.1. The predicted octanol–water partition coefficient (Wildman–Crippen LogP) is 5.80. The number of nitrogens with zero attached hydrogens (tertiary/aromatic N) is 2. The number of thioether (sulfide) groups is 1. The van der Waals surface area contributed by atoms with Gasteiger partial charge in [0.2, 0.25) is 0 Å². The third kappa shape index (κ3) is 6.16. The van der Waals surface area contributed by atoms with E-state index in [9.17, 15) is 35.9 Å². The Labute approximate surface area is 183 Å². The van der Waals surface area contributed by atoms with Crippen LogP contribution in [0.2, 0.25) is 0 Å². The number of amides is 3. The Morgan fingerprint density at radius 1 is 1.03 bits per heavy atom. The van der Waals surface area contributed by atoms with E-state index in [1.807, 2.05) is 0 Å². The Hall–Kier alpha value is -2.73. The van der Waals surface area contributed by atoms with E-state index in [0.29, 0.717) is 15.9 Å². The highest BCUT2D eigenvalue weighted by molar-refractivity contribution is 8.00. The highest BCUT2D eigenvalue weighted by Crippen LogP contribution is 2.38. The monoisotopic (exact) mass is 480 g/mol. The number of rotatable bonds is 7. The summed E-state index contributed by atoms with van der Waals surface area (Å²) in [6.07, 6.45) is 0.206. The van der Waals surface area contributed by atoms with Gasteiger partial charge in [0, 0.05) is 18.6 Å². The van der Waals surface area contributed by atoms with Gasteiger partial charge in [-0.25, -0.2) is 18.0 Å². The van der Waals surface area contributed by atoms with Gasteiger partial charge in [-0.1, -0.05) is 13.0 Å². The van der Waals surface area contributed by atoms with Crippen LogP contribution in [-0.2, 0) is 4.74 Å². The lowest BCUT2D eigenvalue weighted by molar-refractivity contribution is -0.0328. The molecule has 0 atom stereocenters. The van der Waals surface area contributed by atoms with Crippen molar-refractivity contribution in [2.75, 3.05) is 25.3 Å². The molecule has 0 saturated carbocycles. The summed E-state index contributed by atoms with van der Waals surface area (Å²) in [7, 11) is 1.16. The number of benzene rings is 2. The number of carbonyl (C=O) groups excluding carboxylic acids is 2. The van der Waals surface area contributed by atoms with E-state index < -0.39 is 69.5 Å². The third-order valence-electron chi connectivity index (χ3n) is 4.03. The van der Waals surface area contributed by atoms with Gasteiger partial charge in [-0.05, 0) is 48.5 Å². The summed E-state index contributed by atoms with van der Waals surface area (Å²) in [5, 5.41) is 0. The van der Waals surface area contributed by atoms with Gasteiger partial charge in [-0.2, -0.15) is 13.2 Å². The molecule has 0 heterocycles. The molecule has 32 heavy (non-hydrogen) atoms. The summed E-state index contributed by atoms with van der Waals surface area (Å²) < 4.78 is 85.3. The Morgan fingerprint density at radius 3 is 2.16 bits per heavy atom. The first-order valence-corrected chi connectivity index (χ1v) is 9.93. The fourth-order valence-corrected chi connectivity index (χ4v) is 3.32. The van der Waals surface area contributed by atoms with Gasteiger partial charge in [0.25, 0.3) is 5.91 Å². The van der Waals surface area contributed by atoms with Gasteiger partial charge in [-0.15, -0.1) is 0 Å². The number of hydrogen-bond acceptors (Lipinski definition) is 4. The SMILES string of the molecule is CCCN(C(=O)c1c(F)cccc1F)C(=O)N(COC)c1ccc(SC(F)(F)F)cc1F. The van der Waals surface area contributed by atoms with Crippen LogP contribution in [-0.4, -0.2) is 42.7 Å². The zero-order valence-electron chi connectivity index (χ0n) is 16.9. The van der Waals surface area contributed by atoms with E-state index in [1.165, 1.54) is 0 Å². The number of urea groups is 1. The Kier molecular flexibility index (Phi) is 8.56. The number of ether oxygens (including phenoxy) is 1. The highest BCUT2D eigenvalue weighted by Gasteiger charge is 2.33. The lowest BCUT2D eigenvalue weighted by Gasteiger charge is -2.29. The molecule has 0 aliphatic heterocycles. The molecule has 2 aromatic carbocycles. The quantitative estimate of drug-likeness (QED) is 0.286. The lowest BCUT2D eigenvalue weighted by atomic mass is 10.1. The van der Waals surface area contributed by atoms with Crippen molar-refractivity contribution >= 4 is 29.4 Å². The van der Waals surface area contributed by atoms with Crippen molar-refractivity contribution in [1.82, 2.24) is 4.90 Å². The molecule has 0 saturated heterocycles. The number of alkyl halides is 3. The number of anilines is 1. The van der Waals surface area contributed by atoms with E-state index in [2.05, 4.69) is 0 Å². The first-order chi connectivity index (χ1) is 15.0. The second kappa shape index (κ2) is 10.7. The van der Waals surface area contributed by atoms with Gasteiger partial charge in [0.1, 0.15) is 29.7 Å². The second-order valence-electron chi connectivity index (χ2n) is 6.34. The molecule has 0 aromatic heterocycles. The van der Waals surface area contributed by atoms with Crippen molar-refractivity contribution in [2.24, 2.45) is 0 Å². The summed E-state index contributed by atoms with van der Waals surface area (Å²) in [5.41, 5.74) is -6.10. The summed E-state index contributed by atoms with van der Waals surface area (Å²) in [5.74, 6) is -4.87. The number of hydrogen-bond donors (Lipinski definition) is 0. The van der Waals surface area contributed by atoms with Crippen LogP contribution in [0.25, 0.3) is 0 Å². The molecule has 174 valence electrons. The summed E-state index contributed by atoms with van der Waals surface area (Å²) >= 11 is -0.546. The molecule has 12 heteroatoms. The molecule has 2 aromatic rings. The first kappa shape index (κ1) is 25.5. The predicted molar refractivity (Wildman–Crippen MR) is 106 cm³/mol. The number of carbonyl (C=O) groups is 2. The number of halogens is 6. The first-order valence-electron chi connectivity index (χ1n) is 9.11. The normalized spacial score (nSPS) is 11.4. The number of methoxy groups -OCH3 is 1. The minimum absolute atomic E-state index is 0.206. The topological polar surface area (TPSA) is 49.9 Å². The van der Waals surface area contributed by atoms with Crippen molar-refractivity contribution in [2.45, 2.75) is 23.7 Å². The molecule has 0 N–H and O–H groups in total. The van der Waals surface area contributed by atoms with Crippen molar-refractivity contribution in [3.8, 4) is 0 Å². The fraction of sp³-hybridized carbons (Fsp3) is 0.300. The maximum atomic E-state index is 14.6. The standard InChI is InChI=1S/C20H18F6N2O3S/c1-3-9-27(18(29)17-13(21)5-4-6-14(17)22)19(30)28(11-31-2)16-8-7-12(10-15(16)23)32-20(24,25)26/h4-8,10H,3,9,11H2,1-2H3. The second-order valence-corrected chi connectivity index (χ2v) is 7.48. The number of imide groups is 1. The van der Waals surface area contributed by atoms with Crippen LogP contribution < -0.4 is 4.90 Å². The average Bonchev–Trinajstić information content (AvgIpc) is 2.69. The van der Waals surface area contributed by atoms with Crippen LogP contribution in [0.3, 0.4) is 0 Å². The van der Waals surface area contributed by atoms with E-state index in [4.69, 9.17) is 4.74 Å². The Balaban J connectivity index is 2.44. The van der Waals surface area contributed by atoms with Gasteiger partial charge < -0.3 is 4.74 Å². The van der Waals surface area contributed by atoms with Gasteiger partial charge in [0.05, 0.1) is 5.69 Å². The molecule has 0 spiro atoms. The molecular weight excluding hydrogens is 462 g/mol. The molecule has 2 rings (SSSR count). The van der Waals surface area contributed by atoms with Gasteiger partial charge in [-0.3, -0.25) is 14.6 Å². The van der Waals surface area contributed by atoms with Crippen molar-refractivity contribution in [3.63, 3.8) is 0 Å². The molecule has 0 aliphatic rings. The van der Waals surface area contributed by atoms with E-state index in [1.54, 1.807) is 6.92 Å². The van der Waals surface area contributed by atoms with Gasteiger partial charge in [0.15, 0.2) is 0 Å². The van der Waals surface area contributed by atoms with Crippen molar-refractivity contribution < 1.29 is 40.7 Å². The zero-order valence-corrected chi connectivity index (χ0v) is 17.7. The maximum Gasteiger partial charge on any atom is 0.446 e. The van der Waals surface area contributed by atoms with Crippen molar-refractivity contribution in [3.05, 3.63) is 59.4 Å². The molecule has 0 aliphatic carbocycles. The van der Waals surface area contributed by atoms with Crippen LogP contribution in [0.1, 0.15) is 23.7 Å². The summed E-state index contributed by atoms with van der Waals surface area (Å²) in [6.45, 7) is 0.736. The summed E-state index contributed by atoms with van der Waals surface area (Å²) in [6, 6.07) is 3.99. The van der Waals surface area contributed by atoms with E-state index >= 15 is 0 Å². The van der Waals surface area contributed by atoms with Crippen LogP contribution in [0.15, 0.2) is 41.3 Å².